The minimum Gasteiger partial charge on any atom is -0.483 e. The average molecular weight is 390 g/mol. The summed E-state index contributed by atoms with van der Waals surface area (Å²) in [4.78, 5) is 25.1. The molecule has 2 heterocycles. The zero-order valence-electron chi connectivity index (χ0n) is 14.6. The fourth-order valence-electron chi connectivity index (χ4n) is 2.67. The summed E-state index contributed by atoms with van der Waals surface area (Å²) in [6.07, 6.45) is 2.80. The zero-order valence-corrected chi connectivity index (χ0v) is 15.5. The number of carbonyl (C=O) groups is 2. The lowest BCUT2D eigenvalue weighted by atomic mass is 10.3. The number of halogens is 1. The Morgan fingerprint density at radius 2 is 2.19 bits per heavy atom. The molecule has 0 aliphatic carbocycles. The van der Waals surface area contributed by atoms with Crippen molar-refractivity contribution in [3.63, 3.8) is 0 Å². The van der Waals surface area contributed by atoms with E-state index in [4.69, 9.17) is 4.74 Å². The molecule has 0 spiro atoms. The SMILES string of the molecule is C=CCn1c(COc2ccccc2F)nnc1SCC(=O)N1CCCC1=O. The molecule has 0 unspecified atom stereocenters. The van der Waals surface area contributed by atoms with Crippen LogP contribution in [0.3, 0.4) is 0 Å². The Bertz CT molecular complexity index is 855. The van der Waals surface area contributed by atoms with Gasteiger partial charge in [-0.25, -0.2) is 4.39 Å². The van der Waals surface area contributed by atoms with Crippen LogP contribution in [0.15, 0.2) is 42.1 Å². The number of hydrogen-bond acceptors (Lipinski definition) is 6. The lowest BCUT2D eigenvalue weighted by Crippen LogP contribution is -2.33. The van der Waals surface area contributed by atoms with Crippen molar-refractivity contribution in [2.75, 3.05) is 12.3 Å². The van der Waals surface area contributed by atoms with Crippen molar-refractivity contribution in [3.8, 4) is 5.75 Å². The molecule has 2 aromatic rings. The number of para-hydroxylation sites is 1. The van der Waals surface area contributed by atoms with Crippen LogP contribution in [0.2, 0.25) is 0 Å². The number of thioether (sulfide) groups is 1. The van der Waals surface area contributed by atoms with E-state index in [-0.39, 0.29) is 29.9 Å². The van der Waals surface area contributed by atoms with Crippen molar-refractivity contribution in [1.29, 1.82) is 0 Å². The normalized spacial score (nSPS) is 13.8. The predicted octanol–water partition coefficient (Wildman–Crippen LogP) is 2.42. The van der Waals surface area contributed by atoms with Gasteiger partial charge < -0.3 is 4.74 Å². The van der Waals surface area contributed by atoms with Crippen LogP contribution in [-0.4, -0.2) is 43.8 Å². The van der Waals surface area contributed by atoms with Gasteiger partial charge in [0.1, 0.15) is 6.61 Å². The highest BCUT2D eigenvalue weighted by Gasteiger charge is 2.26. The van der Waals surface area contributed by atoms with E-state index >= 15 is 0 Å². The second-order valence-corrected chi connectivity index (χ2v) is 6.79. The first-order valence-electron chi connectivity index (χ1n) is 8.46. The molecule has 0 bridgehead atoms. The van der Waals surface area contributed by atoms with Crippen LogP contribution in [0.4, 0.5) is 4.39 Å². The van der Waals surface area contributed by atoms with E-state index in [2.05, 4.69) is 16.8 Å². The van der Waals surface area contributed by atoms with Crippen LogP contribution < -0.4 is 4.74 Å². The van der Waals surface area contributed by atoms with Crippen LogP contribution in [0.5, 0.6) is 5.75 Å². The molecule has 0 atom stereocenters. The van der Waals surface area contributed by atoms with Gasteiger partial charge in [0.05, 0.1) is 5.75 Å². The Hall–Kier alpha value is -2.68. The monoisotopic (exact) mass is 390 g/mol. The van der Waals surface area contributed by atoms with Gasteiger partial charge in [-0.15, -0.1) is 16.8 Å². The maximum atomic E-state index is 13.7. The highest BCUT2D eigenvalue weighted by Crippen LogP contribution is 2.21. The Morgan fingerprint density at radius 3 is 2.89 bits per heavy atom. The predicted molar refractivity (Wildman–Crippen MR) is 97.6 cm³/mol. The molecule has 142 valence electrons. The lowest BCUT2D eigenvalue weighted by Gasteiger charge is -2.13. The Kier molecular flexibility index (Phi) is 6.23. The summed E-state index contributed by atoms with van der Waals surface area (Å²) in [6.45, 7) is 4.63. The molecule has 7 nitrogen and oxygen atoms in total. The fourth-order valence-corrected chi connectivity index (χ4v) is 3.51. The van der Waals surface area contributed by atoms with Crippen LogP contribution in [-0.2, 0) is 22.7 Å². The van der Waals surface area contributed by atoms with Gasteiger partial charge in [0, 0.05) is 19.5 Å². The molecule has 1 fully saturated rings. The van der Waals surface area contributed by atoms with Crippen LogP contribution >= 0.6 is 11.8 Å². The minimum absolute atomic E-state index is 0.0287. The van der Waals surface area contributed by atoms with Crippen LogP contribution in [0.25, 0.3) is 0 Å². The summed E-state index contributed by atoms with van der Waals surface area (Å²) in [5.41, 5.74) is 0. The molecule has 0 saturated carbocycles. The molecule has 0 N–H and O–H groups in total. The van der Waals surface area contributed by atoms with E-state index in [1.807, 2.05) is 0 Å². The van der Waals surface area contributed by atoms with E-state index in [0.29, 0.717) is 36.9 Å². The van der Waals surface area contributed by atoms with E-state index < -0.39 is 5.82 Å². The van der Waals surface area contributed by atoms with Crippen molar-refractivity contribution in [2.45, 2.75) is 31.1 Å². The Labute approximate surface area is 160 Å². The molecule has 3 rings (SSSR count). The van der Waals surface area contributed by atoms with Crippen molar-refractivity contribution in [3.05, 3.63) is 48.6 Å². The highest BCUT2D eigenvalue weighted by molar-refractivity contribution is 7.99. The van der Waals surface area contributed by atoms with Gasteiger partial charge in [-0.05, 0) is 18.6 Å². The molecule has 1 saturated heterocycles. The molecule has 1 aromatic carbocycles. The Balaban J connectivity index is 1.65. The van der Waals surface area contributed by atoms with Crippen LogP contribution in [0.1, 0.15) is 18.7 Å². The number of carbonyl (C=O) groups excluding carboxylic acids is 2. The van der Waals surface area contributed by atoms with Crippen LogP contribution in [0, 0.1) is 5.82 Å². The number of hydrogen-bond donors (Lipinski definition) is 0. The molecular weight excluding hydrogens is 371 g/mol. The van der Waals surface area contributed by atoms with Crippen molar-refractivity contribution < 1.29 is 18.7 Å². The number of allylic oxidation sites excluding steroid dienone is 1. The maximum absolute atomic E-state index is 13.7. The second kappa shape index (κ2) is 8.81. The molecule has 1 aliphatic rings. The summed E-state index contributed by atoms with van der Waals surface area (Å²) in [6, 6.07) is 6.11. The summed E-state index contributed by atoms with van der Waals surface area (Å²) in [5.74, 6) is -0.113. The van der Waals surface area contributed by atoms with Gasteiger partial charge in [0.2, 0.25) is 11.8 Å². The maximum Gasteiger partial charge on any atom is 0.239 e. The third kappa shape index (κ3) is 4.54. The van der Waals surface area contributed by atoms with Gasteiger partial charge in [-0.1, -0.05) is 30.0 Å². The fraction of sp³-hybridized carbons (Fsp3) is 0.333. The first kappa shape index (κ1) is 19.1. The van der Waals surface area contributed by atoms with Gasteiger partial charge in [0.15, 0.2) is 22.5 Å². The third-order valence-corrected chi connectivity index (χ3v) is 4.95. The van der Waals surface area contributed by atoms with Crippen molar-refractivity contribution in [1.82, 2.24) is 19.7 Å². The smallest absolute Gasteiger partial charge is 0.239 e. The number of rotatable bonds is 8. The molecule has 0 radical (unpaired) electrons. The lowest BCUT2D eigenvalue weighted by molar-refractivity contribution is -0.140. The van der Waals surface area contributed by atoms with Gasteiger partial charge in [-0.2, -0.15) is 0 Å². The highest BCUT2D eigenvalue weighted by atomic mass is 32.2. The van der Waals surface area contributed by atoms with Crippen molar-refractivity contribution >= 4 is 23.6 Å². The number of likely N-dealkylation sites (tertiary alicyclic amines) is 1. The van der Waals surface area contributed by atoms with Crippen molar-refractivity contribution in [2.24, 2.45) is 0 Å². The molecular formula is C18H19FN4O3S. The average Bonchev–Trinajstić information content (AvgIpc) is 3.26. The third-order valence-electron chi connectivity index (χ3n) is 4.00. The van der Waals surface area contributed by atoms with E-state index in [1.54, 1.807) is 22.8 Å². The molecule has 2 amide bonds. The largest absolute Gasteiger partial charge is 0.483 e. The number of nitrogens with zero attached hydrogens (tertiary/aromatic N) is 4. The summed E-state index contributed by atoms with van der Waals surface area (Å²) in [7, 11) is 0. The number of ether oxygens (including phenoxy) is 1. The summed E-state index contributed by atoms with van der Waals surface area (Å²) < 4.78 is 20.9. The van der Waals surface area contributed by atoms with E-state index in [9.17, 15) is 14.0 Å². The Morgan fingerprint density at radius 1 is 1.37 bits per heavy atom. The quantitative estimate of drug-likeness (QED) is 0.509. The standard InChI is InChI=1S/C18H19FN4O3S/c1-2-9-22-15(11-26-14-7-4-3-6-13(14)19)20-21-18(22)27-12-17(25)23-10-5-8-16(23)24/h2-4,6-7H,1,5,8-12H2. The number of aromatic nitrogens is 3. The summed E-state index contributed by atoms with van der Waals surface area (Å²) in [5, 5.41) is 8.68. The number of amides is 2. The topological polar surface area (TPSA) is 77.3 Å². The molecule has 1 aromatic heterocycles. The first-order chi connectivity index (χ1) is 13.1. The summed E-state index contributed by atoms with van der Waals surface area (Å²) >= 11 is 1.20. The van der Waals surface area contributed by atoms with Gasteiger partial charge in [0.25, 0.3) is 0 Å². The van der Waals surface area contributed by atoms with Gasteiger partial charge >= 0.3 is 0 Å². The van der Waals surface area contributed by atoms with E-state index in [0.717, 1.165) is 0 Å². The molecule has 9 heteroatoms. The molecule has 27 heavy (non-hydrogen) atoms. The number of benzene rings is 1. The number of imide groups is 1. The molecule has 1 aliphatic heterocycles. The second-order valence-electron chi connectivity index (χ2n) is 5.85. The van der Waals surface area contributed by atoms with E-state index in [1.165, 1.54) is 28.8 Å². The zero-order chi connectivity index (χ0) is 19.2. The van der Waals surface area contributed by atoms with Gasteiger partial charge in [-0.3, -0.25) is 19.1 Å². The minimum atomic E-state index is -0.456. The first-order valence-corrected chi connectivity index (χ1v) is 9.45.